The Morgan fingerprint density at radius 2 is 2.21 bits per heavy atom. The van der Waals surface area contributed by atoms with Gasteiger partial charge in [0, 0.05) is 25.5 Å². The summed E-state index contributed by atoms with van der Waals surface area (Å²) in [5.41, 5.74) is 0. The van der Waals surface area contributed by atoms with Gasteiger partial charge >= 0.3 is 0 Å². The third-order valence-electron chi connectivity index (χ3n) is 1.99. The normalized spacial score (nSPS) is 13.2. The molecule has 0 radical (unpaired) electrons. The lowest BCUT2D eigenvalue weighted by Crippen LogP contribution is -2.19. The van der Waals surface area contributed by atoms with Gasteiger partial charge in [-0.25, -0.2) is 4.98 Å². The van der Waals surface area contributed by atoms with Crippen molar-refractivity contribution in [2.24, 2.45) is 0 Å². The molecule has 1 unspecified atom stereocenters. The molecule has 1 heterocycles. The lowest BCUT2D eigenvalue weighted by atomic mass is 10.4. The first-order valence-corrected chi connectivity index (χ1v) is 4.94. The third-order valence-corrected chi connectivity index (χ3v) is 1.99. The third kappa shape index (κ3) is 3.03. The van der Waals surface area contributed by atoms with Gasteiger partial charge in [0.25, 0.3) is 0 Å². The van der Waals surface area contributed by atoms with E-state index in [9.17, 15) is 0 Å². The number of methoxy groups -OCH3 is 1. The number of aromatic nitrogens is 2. The maximum absolute atomic E-state index is 5.21. The highest BCUT2D eigenvalue weighted by Crippen LogP contribution is 2.07. The highest BCUT2D eigenvalue weighted by molar-refractivity contribution is 5.26. The zero-order valence-corrected chi connectivity index (χ0v) is 9.32. The van der Waals surface area contributed by atoms with Crippen molar-refractivity contribution in [3.63, 3.8) is 0 Å². The Morgan fingerprint density at radius 3 is 2.79 bits per heavy atom. The van der Waals surface area contributed by atoms with Gasteiger partial charge in [0.1, 0.15) is 0 Å². The van der Waals surface area contributed by atoms with Crippen molar-refractivity contribution in [2.75, 3.05) is 12.4 Å². The Hall–Kier alpha value is -1.03. The second-order valence-corrected chi connectivity index (χ2v) is 3.75. The van der Waals surface area contributed by atoms with Crippen LogP contribution in [-0.2, 0) is 11.3 Å². The molecule has 0 saturated carbocycles. The second-order valence-electron chi connectivity index (χ2n) is 3.75. The SMILES string of the molecule is COC(C)Cn1ccnc1NC(C)C. The van der Waals surface area contributed by atoms with Crippen LogP contribution >= 0.6 is 0 Å². The Morgan fingerprint density at radius 1 is 1.50 bits per heavy atom. The summed E-state index contributed by atoms with van der Waals surface area (Å²) in [5, 5.41) is 3.28. The molecule has 1 N–H and O–H groups in total. The van der Waals surface area contributed by atoms with E-state index >= 15 is 0 Å². The lowest BCUT2D eigenvalue weighted by molar-refractivity contribution is 0.104. The Bertz CT molecular complexity index is 270. The second kappa shape index (κ2) is 5.00. The van der Waals surface area contributed by atoms with Crippen molar-refractivity contribution in [3.05, 3.63) is 12.4 Å². The highest BCUT2D eigenvalue weighted by Gasteiger charge is 2.06. The van der Waals surface area contributed by atoms with Gasteiger partial charge in [-0.15, -0.1) is 0 Å². The predicted molar refractivity (Wildman–Crippen MR) is 57.5 cm³/mol. The van der Waals surface area contributed by atoms with E-state index in [1.807, 2.05) is 13.1 Å². The topological polar surface area (TPSA) is 39.1 Å². The van der Waals surface area contributed by atoms with Crippen molar-refractivity contribution < 1.29 is 4.74 Å². The van der Waals surface area contributed by atoms with Gasteiger partial charge < -0.3 is 14.6 Å². The van der Waals surface area contributed by atoms with Gasteiger partial charge in [0.15, 0.2) is 0 Å². The van der Waals surface area contributed by atoms with Crippen molar-refractivity contribution in [3.8, 4) is 0 Å². The Labute approximate surface area is 85.3 Å². The van der Waals surface area contributed by atoms with E-state index in [2.05, 4.69) is 28.7 Å². The van der Waals surface area contributed by atoms with Crippen LogP contribution in [0.1, 0.15) is 20.8 Å². The molecule has 1 atom stereocenters. The van der Waals surface area contributed by atoms with E-state index < -0.39 is 0 Å². The highest BCUT2D eigenvalue weighted by atomic mass is 16.5. The first kappa shape index (κ1) is 11.0. The molecule has 1 aromatic heterocycles. The summed E-state index contributed by atoms with van der Waals surface area (Å²) >= 11 is 0. The molecule has 0 aliphatic heterocycles. The number of anilines is 1. The number of rotatable bonds is 5. The predicted octanol–water partition coefficient (Wildman–Crippen LogP) is 1.74. The number of imidazole rings is 1. The van der Waals surface area contributed by atoms with Crippen LogP contribution in [0.3, 0.4) is 0 Å². The molecule has 14 heavy (non-hydrogen) atoms. The molecule has 0 spiro atoms. The maximum Gasteiger partial charge on any atom is 0.203 e. The van der Waals surface area contributed by atoms with Crippen molar-refractivity contribution in [1.82, 2.24) is 9.55 Å². The molecular formula is C10H19N3O. The maximum atomic E-state index is 5.21. The van der Waals surface area contributed by atoms with Crippen LogP contribution < -0.4 is 5.32 Å². The minimum absolute atomic E-state index is 0.205. The summed E-state index contributed by atoms with van der Waals surface area (Å²) in [6, 6.07) is 0.397. The summed E-state index contributed by atoms with van der Waals surface area (Å²) in [6.07, 6.45) is 3.96. The Kier molecular flexibility index (Phi) is 3.95. The van der Waals surface area contributed by atoms with Gasteiger partial charge in [0.2, 0.25) is 5.95 Å². The van der Waals surface area contributed by atoms with Gasteiger partial charge in [-0.1, -0.05) is 0 Å². The van der Waals surface area contributed by atoms with Crippen molar-refractivity contribution in [1.29, 1.82) is 0 Å². The number of ether oxygens (including phenoxy) is 1. The fraction of sp³-hybridized carbons (Fsp3) is 0.700. The van der Waals surface area contributed by atoms with Crippen molar-refractivity contribution >= 4 is 5.95 Å². The fourth-order valence-electron chi connectivity index (χ4n) is 1.21. The number of hydrogen-bond acceptors (Lipinski definition) is 3. The summed E-state index contributed by atoms with van der Waals surface area (Å²) in [7, 11) is 1.72. The minimum atomic E-state index is 0.205. The molecule has 0 aromatic carbocycles. The average Bonchev–Trinajstić information content (AvgIpc) is 2.52. The largest absolute Gasteiger partial charge is 0.380 e. The van der Waals surface area contributed by atoms with Crippen LogP contribution in [0.25, 0.3) is 0 Å². The number of hydrogen-bond donors (Lipinski definition) is 1. The fourth-order valence-corrected chi connectivity index (χ4v) is 1.21. The van der Waals surface area contributed by atoms with Gasteiger partial charge in [-0.3, -0.25) is 0 Å². The molecule has 0 aliphatic rings. The van der Waals surface area contributed by atoms with Crippen LogP contribution in [0, 0.1) is 0 Å². The summed E-state index contributed by atoms with van der Waals surface area (Å²) in [5.74, 6) is 0.906. The van der Waals surface area contributed by atoms with E-state index in [1.165, 1.54) is 0 Å². The molecule has 80 valence electrons. The molecule has 0 amide bonds. The first-order valence-electron chi connectivity index (χ1n) is 4.94. The molecule has 1 aromatic rings. The number of nitrogens with zero attached hydrogens (tertiary/aromatic N) is 2. The summed E-state index contributed by atoms with van der Waals surface area (Å²) in [4.78, 5) is 4.24. The summed E-state index contributed by atoms with van der Waals surface area (Å²) in [6.45, 7) is 7.06. The Balaban J connectivity index is 2.62. The molecule has 4 nitrogen and oxygen atoms in total. The van der Waals surface area contributed by atoms with Crippen LogP contribution in [0.5, 0.6) is 0 Å². The van der Waals surface area contributed by atoms with Gasteiger partial charge in [-0.2, -0.15) is 0 Å². The van der Waals surface area contributed by atoms with Crippen molar-refractivity contribution in [2.45, 2.75) is 39.5 Å². The zero-order chi connectivity index (χ0) is 10.6. The molecule has 0 fully saturated rings. The summed E-state index contributed by atoms with van der Waals surface area (Å²) < 4.78 is 7.27. The van der Waals surface area contributed by atoms with Crippen LogP contribution in [0.2, 0.25) is 0 Å². The van der Waals surface area contributed by atoms with Crippen LogP contribution in [0.4, 0.5) is 5.95 Å². The van der Waals surface area contributed by atoms with Gasteiger partial charge in [-0.05, 0) is 20.8 Å². The van der Waals surface area contributed by atoms with E-state index in [4.69, 9.17) is 4.74 Å². The van der Waals surface area contributed by atoms with E-state index in [0.717, 1.165) is 12.5 Å². The smallest absolute Gasteiger partial charge is 0.203 e. The van der Waals surface area contributed by atoms with Crippen LogP contribution in [-0.4, -0.2) is 28.8 Å². The van der Waals surface area contributed by atoms with Gasteiger partial charge in [0.05, 0.1) is 12.6 Å². The molecule has 0 aliphatic carbocycles. The molecule has 0 saturated heterocycles. The number of nitrogens with one attached hydrogen (secondary N) is 1. The quantitative estimate of drug-likeness (QED) is 0.781. The molecule has 4 heteroatoms. The minimum Gasteiger partial charge on any atom is -0.380 e. The van der Waals surface area contributed by atoms with E-state index in [0.29, 0.717) is 6.04 Å². The first-order chi connectivity index (χ1) is 6.63. The average molecular weight is 197 g/mol. The standard InChI is InChI=1S/C10H19N3O/c1-8(2)12-10-11-5-6-13(10)7-9(3)14-4/h5-6,8-9H,7H2,1-4H3,(H,11,12). The zero-order valence-electron chi connectivity index (χ0n) is 9.32. The monoisotopic (exact) mass is 197 g/mol. The molecule has 0 bridgehead atoms. The lowest BCUT2D eigenvalue weighted by Gasteiger charge is -2.15. The van der Waals surface area contributed by atoms with E-state index in [1.54, 1.807) is 13.3 Å². The molecular weight excluding hydrogens is 178 g/mol. The van der Waals surface area contributed by atoms with Crippen LogP contribution in [0.15, 0.2) is 12.4 Å². The molecule has 1 rings (SSSR count). The van der Waals surface area contributed by atoms with E-state index in [-0.39, 0.29) is 6.10 Å².